The lowest BCUT2D eigenvalue weighted by atomic mass is 10.2. The number of aromatic nitrogens is 1. The van der Waals surface area contributed by atoms with Crippen LogP contribution in [0, 0.1) is 0 Å². The second kappa shape index (κ2) is 6.06. The zero-order chi connectivity index (χ0) is 13.8. The molecule has 0 spiro atoms. The van der Waals surface area contributed by atoms with Gasteiger partial charge >= 0.3 is 0 Å². The minimum Gasteiger partial charge on any atom is -0.311 e. The Bertz CT molecular complexity index is 631. The fourth-order valence-corrected chi connectivity index (χ4v) is 2.90. The maximum absolute atomic E-state index is 12.0. The smallest absolute Gasteiger partial charge is 0.250 e. The first-order chi connectivity index (χ1) is 9.84. The molecular weight excluding hydrogens is 248 g/mol. The number of hydrogen-bond acceptors (Lipinski definition) is 2. The van der Waals surface area contributed by atoms with Gasteiger partial charge in [0.1, 0.15) is 0 Å². The van der Waals surface area contributed by atoms with E-state index in [0.29, 0.717) is 0 Å². The van der Waals surface area contributed by atoms with Gasteiger partial charge in [-0.05, 0) is 30.4 Å². The Labute approximate surface area is 119 Å². The molecule has 0 aliphatic heterocycles. The minimum absolute atomic E-state index is 0.132. The van der Waals surface area contributed by atoms with Crippen LogP contribution < -0.4 is 10.9 Å². The maximum Gasteiger partial charge on any atom is 0.250 e. The first-order valence-electron chi connectivity index (χ1n) is 7.31. The van der Waals surface area contributed by atoms with Gasteiger partial charge < -0.3 is 9.88 Å². The molecule has 0 bridgehead atoms. The van der Waals surface area contributed by atoms with Gasteiger partial charge in [-0.15, -0.1) is 0 Å². The molecule has 2 aromatic rings. The van der Waals surface area contributed by atoms with E-state index in [4.69, 9.17) is 0 Å². The van der Waals surface area contributed by atoms with Crippen molar-refractivity contribution < 1.29 is 0 Å². The molecule has 0 unspecified atom stereocenters. The van der Waals surface area contributed by atoms with Crippen LogP contribution in [0.2, 0.25) is 0 Å². The van der Waals surface area contributed by atoms with Crippen molar-refractivity contribution in [2.45, 2.75) is 32.4 Å². The molecule has 0 radical (unpaired) electrons. The third-order valence-electron chi connectivity index (χ3n) is 3.93. The van der Waals surface area contributed by atoms with E-state index >= 15 is 0 Å². The number of aryl methyl sites for hydroxylation is 1. The topological polar surface area (TPSA) is 34.0 Å². The summed E-state index contributed by atoms with van der Waals surface area (Å²) in [7, 11) is 0. The molecule has 1 aromatic heterocycles. The molecule has 1 aromatic carbocycles. The van der Waals surface area contributed by atoms with E-state index in [1.807, 2.05) is 28.8 Å². The molecule has 3 rings (SSSR count). The van der Waals surface area contributed by atoms with Crippen LogP contribution in [-0.2, 0) is 25.9 Å². The second-order valence-electron chi connectivity index (χ2n) is 5.31. The molecule has 0 saturated carbocycles. The van der Waals surface area contributed by atoms with E-state index in [-0.39, 0.29) is 5.56 Å². The van der Waals surface area contributed by atoms with Crippen molar-refractivity contribution in [1.29, 1.82) is 0 Å². The molecule has 0 atom stereocenters. The summed E-state index contributed by atoms with van der Waals surface area (Å²) in [5, 5.41) is 3.41. The summed E-state index contributed by atoms with van der Waals surface area (Å²) < 4.78 is 1.94. The van der Waals surface area contributed by atoms with Gasteiger partial charge in [0.15, 0.2) is 0 Å². The zero-order valence-electron chi connectivity index (χ0n) is 11.6. The highest BCUT2D eigenvalue weighted by atomic mass is 16.1. The first-order valence-corrected chi connectivity index (χ1v) is 7.31. The highest BCUT2D eigenvalue weighted by Crippen LogP contribution is 2.19. The van der Waals surface area contributed by atoms with Gasteiger partial charge in [-0.1, -0.05) is 36.4 Å². The van der Waals surface area contributed by atoms with Gasteiger partial charge in [0.2, 0.25) is 0 Å². The van der Waals surface area contributed by atoms with Crippen LogP contribution in [0.5, 0.6) is 0 Å². The molecule has 20 heavy (non-hydrogen) atoms. The molecule has 3 nitrogen and oxygen atoms in total. The Hall–Kier alpha value is -1.87. The van der Waals surface area contributed by atoms with Crippen molar-refractivity contribution in [2.24, 2.45) is 0 Å². The lowest BCUT2D eigenvalue weighted by Crippen LogP contribution is -2.28. The Morgan fingerprint density at radius 2 is 1.90 bits per heavy atom. The standard InChI is InChI=1S/C17H20N2O/c20-17-10-9-15-7-4-8-16(15)19(17)12-11-18-13-14-5-2-1-3-6-14/h1-3,5-6,9-10,18H,4,7-8,11-13H2. The van der Waals surface area contributed by atoms with Gasteiger partial charge in [-0.3, -0.25) is 4.79 Å². The molecule has 1 N–H and O–H groups in total. The normalized spacial score (nSPS) is 13.4. The van der Waals surface area contributed by atoms with Gasteiger partial charge in [-0.25, -0.2) is 0 Å². The summed E-state index contributed by atoms with van der Waals surface area (Å²) in [6.07, 6.45) is 3.34. The van der Waals surface area contributed by atoms with Gasteiger partial charge in [0.25, 0.3) is 5.56 Å². The largest absolute Gasteiger partial charge is 0.311 e. The fraction of sp³-hybridized carbons (Fsp3) is 0.353. The first kappa shape index (κ1) is 13.1. The van der Waals surface area contributed by atoms with Crippen molar-refractivity contribution in [2.75, 3.05) is 6.54 Å². The van der Waals surface area contributed by atoms with Crippen LogP contribution in [0.15, 0.2) is 47.3 Å². The van der Waals surface area contributed by atoms with Gasteiger partial charge in [0.05, 0.1) is 0 Å². The van der Waals surface area contributed by atoms with Crippen LogP contribution >= 0.6 is 0 Å². The molecule has 0 saturated heterocycles. The minimum atomic E-state index is 0.132. The number of rotatable bonds is 5. The van der Waals surface area contributed by atoms with Crippen LogP contribution in [0.25, 0.3) is 0 Å². The SMILES string of the molecule is O=c1ccc2c(n1CCNCc1ccccc1)CCC2. The number of pyridine rings is 1. The van der Waals surface area contributed by atoms with Crippen LogP contribution in [0.1, 0.15) is 23.2 Å². The van der Waals surface area contributed by atoms with E-state index in [9.17, 15) is 4.79 Å². The number of nitrogens with zero attached hydrogens (tertiary/aromatic N) is 1. The number of hydrogen-bond donors (Lipinski definition) is 1. The van der Waals surface area contributed by atoms with Gasteiger partial charge in [-0.2, -0.15) is 0 Å². The van der Waals surface area contributed by atoms with E-state index in [0.717, 1.165) is 32.5 Å². The Morgan fingerprint density at radius 3 is 2.75 bits per heavy atom. The highest BCUT2D eigenvalue weighted by Gasteiger charge is 2.15. The van der Waals surface area contributed by atoms with Crippen molar-refractivity contribution in [1.82, 2.24) is 9.88 Å². The van der Waals surface area contributed by atoms with Crippen LogP contribution in [0.3, 0.4) is 0 Å². The van der Waals surface area contributed by atoms with Crippen LogP contribution in [-0.4, -0.2) is 11.1 Å². The Balaban J connectivity index is 1.59. The van der Waals surface area contributed by atoms with Crippen molar-refractivity contribution in [3.63, 3.8) is 0 Å². The third-order valence-corrected chi connectivity index (χ3v) is 3.93. The van der Waals surface area contributed by atoms with Gasteiger partial charge in [0, 0.05) is 31.4 Å². The average molecular weight is 268 g/mol. The number of nitrogens with one attached hydrogen (secondary N) is 1. The maximum atomic E-state index is 12.0. The number of fused-ring (bicyclic) bond motifs is 1. The summed E-state index contributed by atoms with van der Waals surface area (Å²) in [5.74, 6) is 0. The highest BCUT2D eigenvalue weighted by molar-refractivity contribution is 5.25. The van der Waals surface area contributed by atoms with E-state index in [2.05, 4.69) is 17.4 Å². The summed E-state index contributed by atoms with van der Waals surface area (Å²) in [5.41, 5.74) is 4.01. The molecule has 3 heteroatoms. The zero-order valence-corrected chi connectivity index (χ0v) is 11.6. The molecule has 1 heterocycles. The molecule has 1 aliphatic carbocycles. The summed E-state index contributed by atoms with van der Waals surface area (Å²) in [6.45, 7) is 2.44. The lowest BCUT2D eigenvalue weighted by Gasteiger charge is -2.12. The monoisotopic (exact) mass is 268 g/mol. The number of benzene rings is 1. The molecule has 1 aliphatic rings. The van der Waals surface area contributed by atoms with E-state index < -0.39 is 0 Å². The quantitative estimate of drug-likeness (QED) is 0.843. The molecular formula is C17H20N2O. The molecule has 104 valence electrons. The summed E-state index contributed by atoms with van der Waals surface area (Å²) in [6, 6.07) is 14.0. The Morgan fingerprint density at radius 1 is 1.05 bits per heavy atom. The predicted molar refractivity (Wildman–Crippen MR) is 80.9 cm³/mol. The average Bonchev–Trinajstić information content (AvgIpc) is 2.95. The van der Waals surface area contributed by atoms with E-state index in [1.54, 1.807) is 6.07 Å². The fourth-order valence-electron chi connectivity index (χ4n) is 2.90. The lowest BCUT2D eigenvalue weighted by molar-refractivity contribution is 0.569. The van der Waals surface area contributed by atoms with E-state index in [1.165, 1.54) is 23.2 Å². The Kier molecular flexibility index (Phi) is 3.97. The van der Waals surface area contributed by atoms with Crippen molar-refractivity contribution >= 4 is 0 Å². The molecule has 0 amide bonds. The van der Waals surface area contributed by atoms with Crippen LogP contribution in [0.4, 0.5) is 0 Å². The second-order valence-corrected chi connectivity index (χ2v) is 5.31. The summed E-state index contributed by atoms with van der Waals surface area (Å²) in [4.78, 5) is 12.0. The third kappa shape index (κ3) is 2.83. The molecule has 0 fully saturated rings. The predicted octanol–water partition coefficient (Wildman–Crippen LogP) is 2.13. The van der Waals surface area contributed by atoms with Crippen molar-refractivity contribution in [3.8, 4) is 0 Å². The van der Waals surface area contributed by atoms with Crippen molar-refractivity contribution in [3.05, 3.63) is 69.6 Å². The summed E-state index contributed by atoms with van der Waals surface area (Å²) >= 11 is 0.